The first-order chi connectivity index (χ1) is 14.4. The van der Waals surface area contributed by atoms with Gasteiger partial charge in [-0.2, -0.15) is 0 Å². The van der Waals surface area contributed by atoms with E-state index in [1.54, 1.807) is 29.3 Å². The first-order valence-corrected chi connectivity index (χ1v) is 12.0. The van der Waals surface area contributed by atoms with E-state index in [1.165, 1.54) is 22.8 Å². The van der Waals surface area contributed by atoms with Gasteiger partial charge in [0.15, 0.2) is 9.84 Å². The lowest BCUT2D eigenvalue weighted by Gasteiger charge is -2.33. The van der Waals surface area contributed by atoms with E-state index < -0.39 is 15.4 Å². The van der Waals surface area contributed by atoms with Crippen molar-refractivity contribution in [2.24, 2.45) is 0 Å². The van der Waals surface area contributed by atoms with Gasteiger partial charge in [-0.25, -0.2) is 13.2 Å². The third kappa shape index (κ3) is 6.10. The number of carbonyl (C=O) groups excluding carboxylic acids is 1. The largest absolute Gasteiger partial charge is 0.490 e. The van der Waals surface area contributed by atoms with E-state index in [9.17, 15) is 18.0 Å². The highest BCUT2D eigenvalue weighted by Crippen LogP contribution is 2.20. The minimum Gasteiger partial charge on any atom is -0.490 e. The van der Waals surface area contributed by atoms with E-state index >= 15 is 0 Å². The van der Waals surface area contributed by atoms with Gasteiger partial charge in [0.05, 0.1) is 4.90 Å². The van der Waals surface area contributed by atoms with Crippen LogP contribution in [0.3, 0.4) is 0 Å². The van der Waals surface area contributed by atoms with Crippen molar-refractivity contribution in [2.75, 3.05) is 19.3 Å². The van der Waals surface area contributed by atoms with Crippen LogP contribution in [0, 0.1) is 0 Å². The fourth-order valence-electron chi connectivity index (χ4n) is 3.28. The van der Waals surface area contributed by atoms with Gasteiger partial charge in [-0.15, -0.1) is 0 Å². The normalized spacial score (nSPS) is 15.5. The Morgan fingerprint density at radius 1 is 1.06 bits per heavy atom. The Balaban J connectivity index is 1.61. The summed E-state index contributed by atoms with van der Waals surface area (Å²) >= 11 is 0. The van der Waals surface area contributed by atoms with Crippen molar-refractivity contribution in [2.45, 2.75) is 50.2 Å². The SMILES string of the molecule is CC(C)(C)OC(=O)N1CCC(Oc2ccn(-c3ccc(S(C)(=O)=O)cc3)c(=O)c2)CC1. The molecule has 31 heavy (non-hydrogen) atoms. The topological polar surface area (TPSA) is 94.9 Å². The van der Waals surface area contributed by atoms with Gasteiger partial charge in [-0.05, 0) is 51.1 Å². The molecule has 3 rings (SSSR count). The van der Waals surface area contributed by atoms with Crippen LogP contribution >= 0.6 is 0 Å². The average molecular weight is 449 g/mol. The number of aromatic nitrogens is 1. The molecular weight excluding hydrogens is 420 g/mol. The first kappa shape index (κ1) is 22.9. The molecule has 2 heterocycles. The molecule has 8 nitrogen and oxygen atoms in total. The summed E-state index contributed by atoms with van der Waals surface area (Å²) in [7, 11) is -3.29. The fraction of sp³-hybridized carbons (Fsp3) is 0.455. The molecule has 1 aliphatic heterocycles. The maximum atomic E-state index is 12.5. The van der Waals surface area contributed by atoms with E-state index in [1.807, 2.05) is 20.8 Å². The number of ether oxygens (including phenoxy) is 2. The van der Waals surface area contributed by atoms with Crippen molar-refractivity contribution in [3.05, 3.63) is 52.9 Å². The summed E-state index contributed by atoms with van der Waals surface area (Å²) in [5.41, 5.74) is -0.245. The standard InChI is InChI=1S/C22H28N2O6S/c1-22(2,3)30-21(26)23-12-9-17(10-13-23)29-18-11-14-24(20(25)15-18)16-5-7-19(8-6-16)31(4,27)28/h5-8,11,14-15,17H,9-10,12-13H2,1-4H3. The second-order valence-corrected chi connectivity index (χ2v) is 10.6. The van der Waals surface area contributed by atoms with Gasteiger partial charge >= 0.3 is 6.09 Å². The first-order valence-electron chi connectivity index (χ1n) is 10.1. The lowest BCUT2D eigenvalue weighted by atomic mass is 10.1. The molecule has 1 aromatic carbocycles. The zero-order valence-electron chi connectivity index (χ0n) is 18.2. The van der Waals surface area contributed by atoms with Crippen LogP contribution in [-0.4, -0.2) is 55.0 Å². The minimum absolute atomic E-state index is 0.0945. The monoisotopic (exact) mass is 448 g/mol. The number of nitrogens with zero attached hydrogens (tertiary/aromatic N) is 2. The Morgan fingerprint density at radius 3 is 2.19 bits per heavy atom. The summed E-state index contributed by atoms with van der Waals surface area (Å²) in [5.74, 6) is 0.463. The maximum absolute atomic E-state index is 12.5. The van der Waals surface area contributed by atoms with Gasteiger partial charge in [-0.1, -0.05) is 0 Å². The van der Waals surface area contributed by atoms with Crippen LogP contribution in [0.2, 0.25) is 0 Å². The molecule has 1 aromatic heterocycles. The van der Waals surface area contributed by atoms with Crippen molar-refractivity contribution in [1.82, 2.24) is 9.47 Å². The summed E-state index contributed by atoms with van der Waals surface area (Å²) in [4.78, 5) is 26.6. The second-order valence-electron chi connectivity index (χ2n) is 8.62. The Labute approximate surface area is 182 Å². The quantitative estimate of drug-likeness (QED) is 0.714. The Hall–Kier alpha value is -2.81. The van der Waals surface area contributed by atoms with Crippen LogP contribution in [0.4, 0.5) is 4.79 Å². The number of piperidine rings is 1. The molecule has 0 N–H and O–H groups in total. The molecule has 1 saturated heterocycles. The molecule has 1 fully saturated rings. The van der Waals surface area contributed by atoms with E-state index in [0.717, 1.165) is 6.26 Å². The number of sulfone groups is 1. The number of benzene rings is 1. The number of amides is 1. The van der Waals surface area contributed by atoms with Crippen molar-refractivity contribution in [3.63, 3.8) is 0 Å². The highest BCUT2D eigenvalue weighted by molar-refractivity contribution is 7.90. The predicted molar refractivity (Wildman–Crippen MR) is 117 cm³/mol. The van der Waals surface area contributed by atoms with Gasteiger partial charge in [0.25, 0.3) is 5.56 Å². The smallest absolute Gasteiger partial charge is 0.410 e. The lowest BCUT2D eigenvalue weighted by Crippen LogP contribution is -2.44. The summed E-state index contributed by atoms with van der Waals surface area (Å²) in [6.45, 7) is 6.57. The van der Waals surface area contributed by atoms with Crippen LogP contribution in [0.15, 0.2) is 52.3 Å². The second kappa shape index (κ2) is 8.74. The highest BCUT2D eigenvalue weighted by Gasteiger charge is 2.27. The molecule has 0 atom stereocenters. The van der Waals surface area contributed by atoms with Crippen LogP contribution < -0.4 is 10.3 Å². The Bertz CT molecular complexity index is 1090. The van der Waals surface area contributed by atoms with Crippen molar-refractivity contribution in [1.29, 1.82) is 0 Å². The zero-order valence-corrected chi connectivity index (χ0v) is 19.0. The van der Waals surface area contributed by atoms with Crippen LogP contribution in [-0.2, 0) is 14.6 Å². The third-order valence-electron chi connectivity index (χ3n) is 4.83. The molecule has 0 aliphatic carbocycles. The molecule has 1 aliphatic rings. The van der Waals surface area contributed by atoms with Crippen LogP contribution in [0.25, 0.3) is 5.69 Å². The lowest BCUT2D eigenvalue weighted by molar-refractivity contribution is 0.0126. The number of carbonyl (C=O) groups is 1. The molecule has 1 amide bonds. The Morgan fingerprint density at radius 2 is 1.68 bits per heavy atom. The average Bonchev–Trinajstić information content (AvgIpc) is 2.67. The molecule has 0 unspecified atom stereocenters. The van der Waals surface area contributed by atoms with E-state index in [4.69, 9.17) is 9.47 Å². The number of rotatable bonds is 4. The molecule has 0 saturated carbocycles. The number of hydrogen-bond donors (Lipinski definition) is 0. The summed E-state index contributed by atoms with van der Waals surface area (Å²) in [5, 5.41) is 0. The molecule has 0 radical (unpaired) electrons. The van der Waals surface area contributed by atoms with Crippen LogP contribution in [0.1, 0.15) is 33.6 Å². The molecule has 0 bridgehead atoms. The van der Waals surface area contributed by atoms with Crippen molar-refractivity contribution in [3.8, 4) is 11.4 Å². The molecule has 168 valence electrons. The number of hydrogen-bond acceptors (Lipinski definition) is 6. The highest BCUT2D eigenvalue weighted by atomic mass is 32.2. The van der Waals surface area contributed by atoms with Crippen LogP contribution in [0.5, 0.6) is 5.75 Å². The summed E-state index contributed by atoms with van der Waals surface area (Å²) in [6, 6.07) is 9.23. The summed E-state index contributed by atoms with van der Waals surface area (Å²) < 4.78 is 35.9. The summed E-state index contributed by atoms with van der Waals surface area (Å²) in [6.07, 6.45) is 3.62. The Kier molecular flexibility index (Phi) is 6.45. The number of likely N-dealkylation sites (tertiary alicyclic amines) is 1. The fourth-order valence-corrected chi connectivity index (χ4v) is 3.91. The molecule has 2 aromatic rings. The van der Waals surface area contributed by atoms with Gasteiger partial charge in [0, 0.05) is 50.1 Å². The number of pyridine rings is 1. The van der Waals surface area contributed by atoms with Gasteiger partial charge in [0.1, 0.15) is 17.5 Å². The molecular formula is C22H28N2O6S. The van der Waals surface area contributed by atoms with E-state index in [-0.39, 0.29) is 22.7 Å². The zero-order chi connectivity index (χ0) is 22.8. The van der Waals surface area contributed by atoms with Crippen molar-refractivity contribution < 1.29 is 22.7 Å². The third-order valence-corrected chi connectivity index (χ3v) is 5.96. The van der Waals surface area contributed by atoms with Gasteiger partial charge < -0.3 is 14.4 Å². The maximum Gasteiger partial charge on any atom is 0.410 e. The molecule has 0 spiro atoms. The van der Waals surface area contributed by atoms with E-state index in [2.05, 4.69) is 0 Å². The molecule has 9 heteroatoms. The predicted octanol–water partition coefficient (Wildman–Crippen LogP) is 3.02. The van der Waals surface area contributed by atoms with Crippen molar-refractivity contribution >= 4 is 15.9 Å². The van der Waals surface area contributed by atoms with Gasteiger partial charge in [0.2, 0.25) is 0 Å². The minimum atomic E-state index is -3.29. The van der Waals surface area contributed by atoms with E-state index in [0.29, 0.717) is 37.4 Å². The van der Waals surface area contributed by atoms with Gasteiger partial charge in [-0.3, -0.25) is 9.36 Å².